The van der Waals surface area contributed by atoms with Crippen LogP contribution < -0.4 is 21.3 Å². The lowest BCUT2D eigenvalue weighted by Crippen LogP contribution is -2.54. The Kier molecular flexibility index (Phi) is 11.3. The van der Waals surface area contributed by atoms with Crippen LogP contribution in [0.5, 0.6) is 0 Å². The van der Waals surface area contributed by atoms with E-state index in [9.17, 15) is 18.9 Å². The van der Waals surface area contributed by atoms with Crippen LogP contribution in [0.1, 0.15) is 39.5 Å². The summed E-state index contributed by atoms with van der Waals surface area (Å²) in [5, 5.41) is 9.95. The van der Waals surface area contributed by atoms with Gasteiger partial charge in [-0.3, -0.25) is 18.9 Å². The molecule has 0 spiro atoms. The fraction of sp³-hybridized carbons (Fsp3) is 0.786. The molecule has 0 aliphatic carbocycles. The molecule has 0 aliphatic heterocycles. The second-order valence-electron chi connectivity index (χ2n) is 5.65. The maximum Gasteiger partial charge on any atom is 0.344 e. The minimum atomic E-state index is -4.38. The molecular weight excluding hydrogens is 351 g/mol. The van der Waals surface area contributed by atoms with E-state index in [-0.39, 0.29) is 12.5 Å². The molecule has 0 bridgehead atoms. The molecule has 0 saturated heterocycles. The molecule has 0 rings (SSSR count). The van der Waals surface area contributed by atoms with E-state index in [1.165, 1.54) is 0 Å². The van der Waals surface area contributed by atoms with Crippen LogP contribution in [0, 0.1) is 0 Å². The summed E-state index contributed by atoms with van der Waals surface area (Å²) in [6.45, 7) is 3.74. The molecule has 0 aromatic heterocycles. The Morgan fingerprint density at radius 3 is 1.92 bits per heavy atom. The van der Waals surface area contributed by atoms with E-state index >= 15 is 0 Å². The number of nitrogens with one attached hydrogen (secondary N) is 4. The third kappa shape index (κ3) is 10.9. The van der Waals surface area contributed by atoms with Gasteiger partial charge < -0.3 is 31.1 Å². The predicted molar refractivity (Wildman–Crippen MR) is 92.7 cm³/mol. The first-order valence-electron chi connectivity index (χ1n) is 8.21. The Labute approximate surface area is 147 Å². The third-order valence-electron chi connectivity index (χ3n) is 3.24. The smallest absolute Gasteiger partial charge is 0.343 e. The molecule has 6 N–H and O–H groups in total. The number of likely N-dealkylation sites (N-methyl/N-ethyl adjacent to an activating group) is 1. The molecule has 0 unspecified atom stereocenters. The lowest BCUT2D eigenvalue weighted by atomic mass is 10.1. The first-order chi connectivity index (χ1) is 11.6. The van der Waals surface area contributed by atoms with E-state index in [2.05, 4.69) is 21.3 Å². The van der Waals surface area contributed by atoms with Crippen LogP contribution >= 0.6 is 7.60 Å². The lowest BCUT2D eigenvalue weighted by molar-refractivity contribution is -0.132. The first kappa shape index (κ1) is 23.5. The monoisotopic (exact) mass is 380 g/mol. The van der Waals surface area contributed by atoms with Crippen molar-refractivity contribution in [1.29, 1.82) is 0 Å². The Morgan fingerprint density at radius 2 is 1.48 bits per heavy atom. The van der Waals surface area contributed by atoms with Gasteiger partial charge in [-0.15, -0.1) is 0 Å². The van der Waals surface area contributed by atoms with Crippen molar-refractivity contribution in [3.63, 3.8) is 0 Å². The molecule has 0 radical (unpaired) electrons. The summed E-state index contributed by atoms with van der Waals surface area (Å²) < 4.78 is 10.9. The minimum absolute atomic E-state index is 0.0641. The SMILES string of the molecule is CCC[C@H](NC(=O)CNC)C(=O)N[C@@H](CCC)C(=O)NCP(=O)(O)O. The molecule has 0 heterocycles. The molecular formula is C14H29N4O6P. The van der Waals surface area contributed by atoms with Gasteiger partial charge in [0.05, 0.1) is 6.54 Å². The molecule has 10 nitrogen and oxygen atoms in total. The van der Waals surface area contributed by atoms with Crippen molar-refractivity contribution >= 4 is 25.3 Å². The van der Waals surface area contributed by atoms with E-state index < -0.39 is 37.8 Å². The fourth-order valence-electron chi connectivity index (χ4n) is 2.10. The molecule has 0 aromatic carbocycles. The normalized spacial score (nSPS) is 13.6. The molecule has 3 amide bonds. The summed E-state index contributed by atoms with van der Waals surface area (Å²) in [7, 11) is -2.77. The van der Waals surface area contributed by atoms with E-state index in [0.29, 0.717) is 25.7 Å². The van der Waals surface area contributed by atoms with Gasteiger partial charge in [-0.1, -0.05) is 26.7 Å². The predicted octanol–water partition coefficient (Wildman–Crippen LogP) is -0.973. The average Bonchev–Trinajstić information content (AvgIpc) is 2.51. The lowest BCUT2D eigenvalue weighted by Gasteiger charge is -2.23. The number of carbonyl (C=O) groups is 3. The minimum Gasteiger partial charge on any atom is -0.343 e. The Balaban J connectivity index is 4.88. The summed E-state index contributed by atoms with van der Waals surface area (Å²) in [5.41, 5.74) is 0. The molecule has 0 aliphatic rings. The summed E-state index contributed by atoms with van der Waals surface area (Å²) >= 11 is 0. The molecule has 146 valence electrons. The van der Waals surface area contributed by atoms with E-state index in [1.54, 1.807) is 7.05 Å². The van der Waals surface area contributed by atoms with Gasteiger partial charge in [-0.2, -0.15) is 0 Å². The van der Waals surface area contributed by atoms with Crippen molar-refractivity contribution in [3.05, 3.63) is 0 Å². The fourth-order valence-corrected chi connectivity index (χ4v) is 2.46. The van der Waals surface area contributed by atoms with Crippen molar-refractivity contribution < 1.29 is 28.7 Å². The standard InChI is InChI=1S/C14H29N4O6P/c1-4-6-10(13(20)16-9-25(22,23)24)18-14(21)11(7-5-2)17-12(19)8-15-3/h10-11,15H,4-9H2,1-3H3,(H,16,20)(H,17,19)(H,18,21)(H2,22,23,24)/t10-,11-/m0/s1. The van der Waals surface area contributed by atoms with Gasteiger partial charge in [0.2, 0.25) is 17.7 Å². The van der Waals surface area contributed by atoms with Crippen LogP contribution in [0.25, 0.3) is 0 Å². The second-order valence-corrected chi connectivity index (χ2v) is 7.30. The quantitative estimate of drug-likeness (QED) is 0.238. The highest BCUT2D eigenvalue weighted by Crippen LogP contribution is 2.31. The van der Waals surface area contributed by atoms with Gasteiger partial charge in [0.25, 0.3) is 0 Å². The van der Waals surface area contributed by atoms with Gasteiger partial charge >= 0.3 is 7.60 Å². The van der Waals surface area contributed by atoms with Gasteiger partial charge in [-0.25, -0.2) is 0 Å². The zero-order valence-corrected chi connectivity index (χ0v) is 15.8. The van der Waals surface area contributed by atoms with E-state index in [1.807, 2.05) is 13.8 Å². The number of hydrogen-bond donors (Lipinski definition) is 6. The van der Waals surface area contributed by atoms with Crippen molar-refractivity contribution in [2.75, 3.05) is 19.9 Å². The molecule has 25 heavy (non-hydrogen) atoms. The third-order valence-corrected chi connectivity index (χ3v) is 3.81. The van der Waals surface area contributed by atoms with Crippen LogP contribution in [0.2, 0.25) is 0 Å². The maximum atomic E-state index is 12.4. The first-order valence-corrected chi connectivity index (χ1v) is 10.0. The zero-order valence-electron chi connectivity index (χ0n) is 14.9. The van der Waals surface area contributed by atoms with Crippen molar-refractivity contribution in [1.82, 2.24) is 21.3 Å². The number of amides is 3. The summed E-state index contributed by atoms with van der Waals surface area (Å²) in [6, 6.07) is -1.70. The summed E-state index contributed by atoms with van der Waals surface area (Å²) in [5.74, 6) is -1.51. The van der Waals surface area contributed by atoms with Crippen molar-refractivity contribution in [2.24, 2.45) is 0 Å². The Hall–Kier alpha value is -1.48. The largest absolute Gasteiger partial charge is 0.344 e. The maximum absolute atomic E-state index is 12.4. The zero-order chi connectivity index (χ0) is 19.5. The van der Waals surface area contributed by atoms with E-state index in [4.69, 9.17) is 9.79 Å². The highest BCUT2D eigenvalue weighted by atomic mass is 31.2. The second kappa shape index (κ2) is 12.0. The molecule has 2 atom stereocenters. The summed E-state index contributed by atoms with van der Waals surface area (Å²) in [4.78, 5) is 53.8. The van der Waals surface area contributed by atoms with Gasteiger partial charge in [0, 0.05) is 0 Å². The summed E-state index contributed by atoms with van der Waals surface area (Å²) in [6.07, 6.45) is 1.16. The van der Waals surface area contributed by atoms with Crippen molar-refractivity contribution in [2.45, 2.75) is 51.6 Å². The number of hydrogen-bond acceptors (Lipinski definition) is 5. The van der Waals surface area contributed by atoms with Crippen LogP contribution in [-0.2, 0) is 18.9 Å². The molecule has 11 heteroatoms. The topological polar surface area (TPSA) is 157 Å². The van der Waals surface area contributed by atoms with Crippen LogP contribution in [-0.4, -0.2) is 59.5 Å². The highest BCUT2D eigenvalue weighted by molar-refractivity contribution is 7.51. The molecule has 0 fully saturated rings. The highest BCUT2D eigenvalue weighted by Gasteiger charge is 2.26. The van der Waals surface area contributed by atoms with Crippen LogP contribution in [0.15, 0.2) is 0 Å². The molecule has 0 aromatic rings. The van der Waals surface area contributed by atoms with Crippen molar-refractivity contribution in [3.8, 4) is 0 Å². The number of rotatable bonds is 12. The molecule has 0 saturated carbocycles. The van der Waals surface area contributed by atoms with Gasteiger partial charge in [0.1, 0.15) is 18.4 Å². The van der Waals surface area contributed by atoms with Crippen LogP contribution in [0.3, 0.4) is 0 Å². The van der Waals surface area contributed by atoms with Crippen LogP contribution in [0.4, 0.5) is 0 Å². The Bertz CT molecular complexity index is 496. The van der Waals surface area contributed by atoms with E-state index in [0.717, 1.165) is 0 Å². The van der Waals surface area contributed by atoms with Gasteiger partial charge in [0.15, 0.2) is 0 Å². The Morgan fingerprint density at radius 1 is 0.960 bits per heavy atom. The van der Waals surface area contributed by atoms with Gasteiger partial charge in [-0.05, 0) is 19.9 Å². The number of carbonyl (C=O) groups excluding carboxylic acids is 3. The average molecular weight is 380 g/mol.